The van der Waals surface area contributed by atoms with Crippen LogP contribution in [-0.4, -0.2) is 15.0 Å². The van der Waals surface area contributed by atoms with Crippen LogP contribution in [0.25, 0.3) is 111 Å². The van der Waals surface area contributed by atoms with Crippen molar-refractivity contribution in [1.29, 1.82) is 0 Å². The molecule has 7 aromatic carbocycles. The number of pyridine rings is 1. The lowest BCUT2D eigenvalue weighted by molar-refractivity contribution is 0.665. The summed E-state index contributed by atoms with van der Waals surface area (Å²) in [6.45, 7) is 0. The SMILES string of the molecule is c1ccc(-c2cc(-c3ccc(-c4ccncc4)cc3)nc(-c3ccc(-c4ccc(-c5cccc6c5oc5ccccc56)c5oc6ccccc6c45)cc3)n2)cc1. The summed E-state index contributed by atoms with van der Waals surface area (Å²) in [5, 5.41) is 4.33. The minimum atomic E-state index is 0.666. The molecule has 0 fully saturated rings. The van der Waals surface area contributed by atoms with Gasteiger partial charge in [-0.1, -0.05) is 140 Å². The molecule has 0 N–H and O–H groups in total. The first kappa shape index (κ1) is 31.9. The number of fused-ring (bicyclic) bond motifs is 6. The van der Waals surface area contributed by atoms with Crippen molar-refractivity contribution in [2.24, 2.45) is 0 Å². The summed E-state index contributed by atoms with van der Waals surface area (Å²) in [6.07, 6.45) is 3.63. The summed E-state index contributed by atoms with van der Waals surface area (Å²) in [7, 11) is 0. The monoisotopic (exact) mass is 717 g/mol. The van der Waals surface area contributed by atoms with Crippen LogP contribution in [0.15, 0.2) is 197 Å². The number of benzene rings is 7. The maximum Gasteiger partial charge on any atom is 0.160 e. The van der Waals surface area contributed by atoms with Crippen LogP contribution >= 0.6 is 0 Å². The van der Waals surface area contributed by atoms with Gasteiger partial charge in [0, 0.05) is 61.8 Å². The van der Waals surface area contributed by atoms with E-state index in [-0.39, 0.29) is 0 Å². The van der Waals surface area contributed by atoms with E-state index in [1.54, 1.807) is 0 Å². The first-order valence-electron chi connectivity index (χ1n) is 18.7. The van der Waals surface area contributed by atoms with E-state index in [0.717, 1.165) is 105 Å². The second-order valence-electron chi connectivity index (χ2n) is 14.0. The van der Waals surface area contributed by atoms with Gasteiger partial charge in [-0.15, -0.1) is 0 Å². The van der Waals surface area contributed by atoms with Gasteiger partial charge in [0.15, 0.2) is 5.82 Å². The van der Waals surface area contributed by atoms with E-state index in [9.17, 15) is 0 Å². The van der Waals surface area contributed by atoms with Crippen molar-refractivity contribution in [2.45, 2.75) is 0 Å². The standard InChI is InChI=1S/C51H31N3O2/c1-2-9-35(10-3-1)44-31-45(36-21-17-32(18-22-36)33-27-29-52-30-28-33)54-51(53-44)37-23-19-34(20-24-37)38-25-26-42(50-48(38)43-12-5-7-16-47(43)56-50)41-14-8-13-40-39-11-4-6-15-46(39)55-49(40)41/h1-31H. The Bertz CT molecular complexity index is 3220. The second-order valence-corrected chi connectivity index (χ2v) is 14.0. The van der Waals surface area contributed by atoms with Crippen LogP contribution in [0.4, 0.5) is 0 Å². The highest BCUT2D eigenvalue weighted by Crippen LogP contribution is 2.44. The highest BCUT2D eigenvalue weighted by Gasteiger charge is 2.21. The molecule has 11 aromatic rings. The molecular weight excluding hydrogens is 687 g/mol. The molecule has 0 bridgehead atoms. The number of aromatic nitrogens is 3. The lowest BCUT2D eigenvalue weighted by Gasteiger charge is -2.11. The topological polar surface area (TPSA) is 65.0 Å². The van der Waals surface area contributed by atoms with Gasteiger partial charge in [0.05, 0.1) is 11.4 Å². The van der Waals surface area contributed by atoms with Gasteiger partial charge in [0.25, 0.3) is 0 Å². The van der Waals surface area contributed by atoms with E-state index < -0.39 is 0 Å². The third-order valence-electron chi connectivity index (χ3n) is 10.7. The Morgan fingerprint density at radius 2 is 0.875 bits per heavy atom. The fourth-order valence-electron chi connectivity index (χ4n) is 7.90. The van der Waals surface area contributed by atoms with Crippen molar-refractivity contribution in [3.8, 4) is 67.3 Å². The van der Waals surface area contributed by atoms with Crippen molar-refractivity contribution in [1.82, 2.24) is 15.0 Å². The Kier molecular flexibility index (Phi) is 7.42. The molecule has 5 heteroatoms. The van der Waals surface area contributed by atoms with Crippen LogP contribution in [-0.2, 0) is 0 Å². The third-order valence-corrected chi connectivity index (χ3v) is 10.7. The van der Waals surface area contributed by atoms with Crippen LogP contribution in [0.3, 0.4) is 0 Å². The number of hydrogen-bond acceptors (Lipinski definition) is 5. The minimum absolute atomic E-state index is 0.666. The first-order valence-corrected chi connectivity index (χ1v) is 18.7. The Morgan fingerprint density at radius 3 is 1.64 bits per heavy atom. The van der Waals surface area contributed by atoms with Gasteiger partial charge in [-0.25, -0.2) is 9.97 Å². The number of hydrogen-bond donors (Lipinski definition) is 0. The van der Waals surface area contributed by atoms with Gasteiger partial charge < -0.3 is 8.83 Å². The molecular formula is C51H31N3O2. The van der Waals surface area contributed by atoms with Crippen molar-refractivity contribution in [3.05, 3.63) is 188 Å². The molecule has 0 radical (unpaired) electrons. The smallest absolute Gasteiger partial charge is 0.160 e. The maximum atomic E-state index is 6.69. The number of furan rings is 2. The lowest BCUT2D eigenvalue weighted by atomic mass is 9.93. The van der Waals surface area contributed by atoms with E-state index in [1.165, 1.54) is 0 Å². The van der Waals surface area contributed by atoms with Gasteiger partial charge in [0.1, 0.15) is 22.3 Å². The molecule has 11 rings (SSSR count). The molecule has 0 amide bonds. The summed E-state index contributed by atoms with van der Waals surface area (Å²) in [6, 6.07) is 60.6. The summed E-state index contributed by atoms with van der Waals surface area (Å²) in [5.74, 6) is 0.666. The fourth-order valence-corrected chi connectivity index (χ4v) is 7.90. The summed E-state index contributed by atoms with van der Waals surface area (Å²) in [4.78, 5) is 14.4. The molecule has 4 heterocycles. The van der Waals surface area contributed by atoms with E-state index in [0.29, 0.717) is 5.82 Å². The predicted molar refractivity (Wildman–Crippen MR) is 227 cm³/mol. The number of rotatable bonds is 6. The first-order chi connectivity index (χ1) is 27.7. The highest BCUT2D eigenvalue weighted by molar-refractivity contribution is 6.18. The average Bonchev–Trinajstić information content (AvgIpc) is 3.86. The minimum Gasteiger partial charge on any atom is -0.455 e. The fraction of sp³-hybridized carbons (Fsp3) is 0. The van der Waals surface area contributed by atoms with Crippen molar-refractivity contribution in [2.75, 3.05) is 0 Å². The molecule has 0 saturated heterocycles. The van der Waals surface area contributed by atoms with E-state index in [1.807, 2.05) is 67.0 Å². The summed E-state index contributed by atoms with van der Waals surface area (Å²) in [5.41, 5.74) is 14.5. The zero-order valence-corrected chi connectivity index (χ0v) is 30.1. The predicted octanol–water partition coefficient (Wildman–Crippen LogP) is 13.7. The normalized spacial score (nSPS) is 11.6. The molecule has 4 aromatic heterocycles. The third kappa shape index (κ3) is 5.37. The molecule has 0 aliphatic carbocycles. The van der Waals surface area contributed by atoms with Crippen molar-refractivity contribution in [3.63, 3.8) is 0 Å². The molecule has 5 nitrogen and oxygen atoms in total. The van der Waals surface area contributed by atoms with Crippen LogP contribution in [0.1, 0.15) is 0 Å². The Balaban J connectivity index is 1.02. The number of para-hydroxylation sites is 3. The number of nitrogens with zero attached hydrogens (tertiary/aromatic N) is 3. The Hall–Kier alpha value is -7.63. The Morgan fingerprint density at radius 1 is 0.339 bits per heavy atom. The second kappa shape index (κ2) is 13.0. The quantitative estimate of drug-likeness (QED) is 0.171. The molecule has 262 valence electrons. The lowest BCUT2D eigenvalue weighted by Crippen LogP contribution is -1.96. The van der Waals surface area contributed by atoms with Crippen LogP contribution in [0.2, 0.25) is 0 Å². The maximum absolute atomic E-state index is 6.69. The van der Waals surface area contributed by atoms with Crippen LogP contribution < -0.4 is 0 Å². The van der Waals surface area contributed by atoms with Crippen LogP contribution in [0.5, 0.6) is 0 Å². The summed E-state index contributed by atoms with van der Waals surface area (Å²) < 4.78 is 13.2. The van der Waals surface area contributed by atoms with E-state index >= 15 is 0 Å². The molecule has 0 aliphatic rings. The summed E-state index contributed by atoms with van der Waals surface area (Å²) >= 11 is 0. The van der Waals surface area contributed by atoms with Gasteiger partial charge >= 0.3 is 0 Å². The van der Waals surface area contributed by atoms with Gasteiger partial charge in [-0.05, 0) is 58.7 Å². The molecule has 0 spiro atoms. The molecule has 0 saturated carbocycles. The molecule has 0 aliphatic heterocycles. The zero-order valence-electron chi connectivity index (χ0n) is 30.1. The Labute approximate surface area is 322 Å². The highest BCUT2D eigenvalue weighted by atomic mass is 16.3. The van der Waals surface area contributed by atoms with Crippen molar-refractivity contribution >= 4 is 43.9 Å². The van der Waals surface area contributed by atoms with Gasteiger partial charge in [0.2, 0.25) is 0 Å². The molecule has 0 atom stereocenters. The van der Waals surface area contributed by atoms with Gasteiger partial charge in [-0.3, -0.25) is 4.98 Å². The zero-order chi connectivity index (χ0) is 37.0. The van der Waals surface area contributed by atoms with Gasteiger partial charge in [-0.2, -0.15) is 0 Å². The molecule has 56 heavy (non-hydrogen) atoms. The van der Waals surface area contributed by atoms with Crippen LogP contribution in [0, 0.1) is 0 Å². The molecule has 0 unspecified atom stereocenters. The van der Waals surface area contributed by atoms with E-state index in [4.69, 9.17) is 18.8 Å². The van der Waals surface area contributed by atoms with Crippen molar-refractivity contribution < 1.29 is 8.83 Å². The largest absolute Gasteiger partial charge is 0.455 e. The average molecular weight is 718 g/mol. The van der Waals surface area contributed by atoms with E-state index in [2.05, 4.69) is 126 Å².